The van der Waals surface area contributed by atoms with E-state index >= 15 is 0 Å². The molecule has 29 heavy (non-hydrogen) atoms. The second-order valence-corrected chi connectivity index (χ2v) is 7.44. The molecule has 0 unspecified atom stereocenters. The summed E-state index contributed by atoms with van der Waals surface area (Å²) in [4.78, 5) is 37.8. The molecule has 2 N–H and O–H groups in total. The highest BCUT2D eigenvalue weighted by Gasteiger charge is 2.47. The molecule has 1 saturated heterocycles. The van der Waals surface area contributed by atoms with E-state index in [4.69, 9.17) is 0 Å². The molecule has 0 saturated carbocycles. The predicted octanol–water partition coefficient (Wildman–Crippen LogP) is 4.31. The normalized spacial score (nSPS) is 19.4. The highest BCUT2D eigenvalue weighted by molar-refractivity contribution is 6.09. The zero-order valence-corrected chi connectivity index (χ0v) is 16.6. The maximum atomic E-state index is 12.6. The van der Waals surface area contributed by atoms with Crippen LogP contribution >= 0.6 is 0 Å². The van der Waals surface area contributed by atoms with Crippen molar-refractivity contribution in [3.8, 4) is 0 Å². The Kier molecular flexibility index (Phi) is 7.26. The van der Waals surface area contributed by atoms with Crippen molar-refractivity contribution < 1.29 is 27.6 Å². The van der Waals surface area contributed by atoms with Crippen molar-refractivity contribution in [3.05, 3.63) is 29.8 Å². The van der Waals surface area contributed by atoms with Crippen LogP contribution in [0.4, 0.5) is 23.7 Å². The molecule has 1 heterocycles. The Morgan fingerprint density at radius 2 is 1.72 bits per heavy atom. The molecule has 9 heteroatoms. The Hall–Kier alpha value is -2.58. The van der Waals surface area contributed by atoms with Crippen LogP contribution in [-0.2, 0) is 15.8 Å². The number of carbonyl (C=O) groups is 3. The van der Waals surface area contributed by atoms with Gasteiger partial charge in [-0.2, -0.15) is 13.2 Å². The summed E-state index contributed by atoms with van der Waals surface area (Å²) in [6, 6.07) is 3.28. The van der Waals surface area contributed by atoms with Crippen molar-refractivity contribution >= 4 is 23.5 Å². The first kappa shape index (κ1) is 22.7. The number of hydrogen-bond donors (Lipinski definition) is 2. The van der Waals surface area contributed by atoms with E-state index in [0.717, 1.165) is 61.3 Å². The van der Waals surface area contributed by atoms with Crippen molar-refractivity contribution in [1.29, 1.82) is 0 Å². The molecule has 160 valence electrons. The van der Waals surface area contributed by atoms with Crippen LogP contribution in [0, 0.1) is 0 Å². The maximum Gasteiger partial charge on any atom is 0.416 e. The fourth-order valence-electron chi connectivity index (χ4n) is 3.23. The topological polar surface area (TPSA) is 78.5 Å². The Morgan fingerprint density at radius 3 is 2.31 bits per heavy atom. The highest BCUT2D eigenvalue weighted by atomic mass is 19.4. The molecule has 1 aromatic rings. The molecule has 2 rings (SSSR count). The van der Waals surface area contributed by atoms with Gasteiger partial charge in [0, 0.05) is 5.69 Å². The first-order valence-electron chi connectivity index (χ1n) is 9.68. The molecular weight excluding hydrogens is 387 g/mol. The molecule has 0 spiro atoms. The molecule has 0 aromatic heterocycles. The SMILES string of the molecule is CCCCCCC[C@]1(C)NC(=O)N(CC(=O)Nc2ccc(C(F)(F)F)cc2)C1=O. The number of nitrogens with zero attached hydrogens (tertiary/aromatic N) is 1. The van der Waals surface area contributed by atoms with Gasteiger partial charge in [0.1, 0.15) is 12.1 Å². The standard InChI is InChI=1S/C20H26F3N3O3/c1-3-4-5-6-7-12-19(2)17(28)26(18(29)25-19)13-16(27)24-15-10-8-14(9-11-15)20(21,22)23/h8-11H,3-7,12-13H2,1-2H3,(H,24,27)(H,25,29)/t19-/m0/s1. The van der Waals surface area contributed by atoms with Crippen molar-refractivity contribution in [1.82, 2.24) is 10.2 Å². The number of carbonyl (C=O) groups excluding carboxylic acids is 3. The quantitative estimate of drug-likeness (QED) is 0.468. The molecule has 0 radical (unpaired) electrons. The average molecular weight is 413 g/mol. The van der Waals surface area contributed by atoms with Gasteiger partial charge in [0.25, 0.3) is 5.91 Å². The van der Waals surface area contributed by atoms with Crippen LogP contribution in [0.5, 0.6) is 0 Å². The minimum Gasteiger partial charge on any atom is -0.325 e. The molecule has 1 aliphatic heterocycles. The van der Waals surface area contributed by atoms with Gasteiger partial charge in [-0.3, -0.25) is 14.5 Å². The molecule has 0 bridgehead atoms. The number of imide groups is 1. The predicted molar refractivity (Wildman–Crippen MR) is 102 cm³/mol. The first-order chi connectivity index (χ1) is 13.6. The molecule has 1 aliphatic rings. The fraction of sp³-hybridized carbons (Fsp3) is 0.550. The number of hydrogen-bond acceptors (Lipinski definition) is 3. The average Bonchev–Trinajstić information content (AvgIpc) is 2.84. The minimum absolute atomic E-state index is 0.147. The summed E-state index contributed by atoms with van der Waals surface area (Å²) < 4.78 is 37.8. The third kappa shape index (κ3) is 5.95. The summed E-state index contributed by atoms with van der Waals surface area (Å²) in [6.45, 7) is 3.24. The van der Waals surface area contributed by atoms with Crippen LogP contribution in [0.2, 0.25) is 0 Å². The highest BCUT2D eigenvalue weighted by Crippen LogP contribution is 2.30. The van der Waals surface area contributed by atoms with Gasteiger partial charge < -0.3 is 10.6 Å². The minimum atomic E-state index is -4.47. The van der Waals surface area contributed by atoms with Crippen molar-refractivity contribution in [3.63, 3.8) is 0 Å². The first-order valence-corrected chi connectivity index (χ1v) is 9.68. The molecular formula is C20H26F3N3O3. The van der Waals surface area contributed by atoms with Crippen LogP contribution in [0.1, 0.15) is 57.9 Å². The van der Waals surface area contributed by atoms with E-state index in [-0.39, 0.29) is 5.69 Å². The number of anilines is 1. The van der Waals surface area contributed by atoms with Gasteiger partial charge in [-0.15, -0.1) is 0 Å². The number of alkyl halides is 3. The number of nitrogens with one attached hydrogen (secondary N) is 2. The Bertz CT molecular complexity index is 750. The van der Waals surface area contributed by atoms with Gasteiger partial charge in [0.2, 0.25) is 5.91 Å². The summed E-state index contributed by atoms with van der Waals surface area (Å²) in [5, 5.41) is 5.05. The Labute approximate surface area is 167 Å². The number of unbranched alkanes of at least 4 members (excludes halogenated alkanes) is 4. The summed E-state index contributed by atoms with van der Waals surface area (Å²) in [5.74, 6) is -1.14. The molecule has 1 atom stereocenters. The zero-order valence-electron chi connectivity index (χ0n) is 16.6. The second kappa shape index (κ2) is 9.28. The number of amides is 4. The number of halogens is 3. The third-order valence-electron chi connectivity index (χ3n) is 4.92. The molecule has 0 aliphatic carbocycles. The largest absolute Gasteiger partial charge is 0.416 e. The lowest BCUT2D eigenvalue weighted by Crippen LogP contribution is -2.44. The second-order valence-electron chi connectivity index (χ2n) is 7.44. The van der Waals surface area contributed by atoms with Crippen molar-refractivity contribution in [2.75, 3.05) is 11.9 Å². The fourth-order valence-corrected chi connectivity index (χ4v) is 3.23. The van der Waals surface area contributed by atoms with E-state index in [0.29, 0.717) is 6.42 Å². The number of benzene rings is 1. The van der Waals surface area contributed by atoms with Crippen LogP contribution in [-0.4, -0.2) is 34.8 Å². The number of urea groups is 1. The van der Waals surface area contributed by atoms with Crippen LogP contribution in [0.3, 0.4) is 0 Å². The monoisotopic (exact) mass is 413 g/mol. The summed E-state index contributed by atoms with van der Waals surface area (Å²) in [7, 11) is 0. The van der Waals surface area contributed by atoms with Gasteiger partial charge in [0.05, 0.1) is 5.56 Å². The van der Waals surface area contributed by atoms with Gasteiger partial charge in [-0.05, 0) is 37.6 Å². The van der Waals surface area contributed by atoms with Crippen molar-refractivity contribution in [2.45, 2.75) is 64.1 Å². The zero-order chi connectivity index (χ0) is 21.7. The van der Waals surface area contributed by atoms with E-state index < -0.39 is 41.7 Å². The molecule has 6 nitrogen and oxygen atoms in total. The number of rotatable bonds is 9. The van der Waals surface area contributed by atoms with E-state index in [1.54, 1.807) is 6.92 Å². The van der Waals surface area contributed by atoms with Crippen LogP contribution in [0.15, 0.2) is 24.3 Å². The molecule has 1 aromatic carbocycles. The third-order valence-corrected chi connectivity index (χ3v) is 4.92. The summed E-state index contributed by atoms with van der Waals surface area (Å²) in [5.41, 5.74) is -1.73. The van der Waals surface area contributed by atoms with Crippen molar-refractivity contribution in [2.24, 2.45) is 0 Å². The summed E-state index contributed by atoms with van der Waals surface area (Å²) in [6.07, 6.45) is 1.05. The Balaban J connectivity index is 1.91. The van der Waals surface area contributed by atoms with E-state index in [1.807, 2.05) is 0 Å². The summed E-state index contributed by atoms with van der Waals surface area (Å²) >= 11 is 0. The lowest BCUT2D eigenvalue weighted by atomic mass is 9.94. The van der Waals surface area contributed by atoms with Gasteiger partial charge in [-0.25, -0.2) is 4.79 Å². The van der Waals surface area contributed by atoms with Gasteiger partial charge >= 0.3 is 12.2 Å². The maximum absolute atomic E-state index is 12.6. The molecule has 1 fully saturated rings. The Morgan fingerprint density at radius 1 is 1.10 bits per heavy atom. The lowest BCUT2D eigenvalue weighted by molar-refractivity contribution is -0.137. The van der Waals surface area contributed by atoms with Gasteiger partial charge in [-0.1, -0.05) is 39.0 Å². The van der Waals surface area contributed by atoms with Gasteiger partial charge in [0.15, 0.2) is 0 Å². The van der Waals surface area contributed by atoms with E-state index in [9.17, 15) is 27.6 Å². The molecule has 4 amide bonds. The van der Waals surface area contributed by atoms with E-state index in [1.165, 1.54) is 0 Å². The van der Waals surface area contributed by atoms with Crippen LogP contribution in [0.25, 0.3) is 0 Å². The van der Waals surface area contributed by atoms with E-state index in [2.05, 4.69) is 17.6 Å². The van der Waals surface area contributed by atoms with Crippen LogP contribution < -0.4 is 10.6 Å². The lowest BCUT2D eigenvalue weighted by Gasteiger charge is -2.21. The smallest absolute Gasteiger partial charge is 0.325 e.